The molecule has 4 heteroatoms. The number of hydrogen-bond donors (Lipinski definition) is 1. The van der Waals surface area contributed by atoms with E-state index in [0.717, 1.165) is 18.6 Å². The number of halogens is 1. The molecule has 1 rings (SSSR count). The van der Waals surface area contributed by atoms with Crippen molar-refractivity contribution in [3.63, 3.8) is 0 Å². The first-order chi connectivity index (χ1) is 8.15. The Kier molecular flexibility index (Phi) is 6.34. The Labute approximate surface area is 108 Å². The SMILES string of the molecule is CCOCCCOc1ccc([C@@H](C)N)cc1Cl. The summed E-state index contributed by atoms with van der Waals surface area (Å²) in [6, 6.07) is 5.64. The Hall–Kier alpha value is -0.770. The molecule has 0 saturated carbocycles. The van der Waals surface area contributed by atoms with Gasteiger partial charge in [0.25, 0.3) is 0 Å². The quantitative estimate of drug-likeness (QED) is 0.763. The molecule has 0 bridgehead atoms. The minimum absolute atomic E-state index is 0.0143. The van der Waals surface area contributed by atoms with Crippen molar-refractivity contribution in [3.8, 4) is 5.75 Å². The van der Waals surface area contributed by atoms with Crippen molar-refractivity contribution < 1.29 is 9.47 Å². The highest BCUT2D eigenvalue weighted by molar-refractivity contribution is 6.32. The Balaban J connectivity index is 2.43. The van der Waals surface area contributed by atoms with Crippen molar-refractivity contribution in [2.24, 2.45) is 5.73 Å². The van der Waals surface area contributed by atoms with Crippen LogP contribution in [0.4, 0.5) is 0 Å². The first kappa shape index (κ1) is 14.3. The highest BCUT2D eigenvalue weighted by atomic mass is 35.5. The molecule has 0 amide bonds. The number of ether oxygens (including phenoxy) is 2. The van der Waals surface area contributed by atoms with Gasteiger partial charge >= 0.3 is 0 Å². The Bertz CT molecular complexity index is 342. The molecule has 1 aromatic carbocycles. The molecule has 3 nitrogen and oxygen atoms in total. The molecule has 17 heavy (non-hydrogen) atoms. The predicted molar refractivity (Wildman–Crippen MR) is 70.7 cm³/mol. The summed E-state index contributed by atoms with van der Waals surface area (Å²) in [5.41, 5.74) is 6.78. The molecule has 0 spiro atoms. The molecule has 1 aromatic rings. The summed E-state index contributed by atoms with van der Waals surface area (Å²) in [4.78, 5) is 0. The molecular weight excluding hydrogens is 238 g/mol. The Morgan fingerprint density at radius 3 is 2.71 bits per heavy atom. The van der Waals surface area contributed by atoms with Crippen LogP contribution >= 0.6 is 11.6 Å². The van der Waals surface area contributed by atoms with Crippen molar-refractivity contribution in [2.75, 3.05) is 19.8 Å². The van der Waals surface area contributed by atoms with Gasteiger partial charge in [0.2, 0.25) is 0 Å². The second-order valence-electron chi connectivity index (χ2n) is 3.88. The zero-order valence-electron chi connectivity index (χ0n) is 10.4. The van der Waals surface area contributed by atoms with Gasteiger partial charge in [0, 0.05) is 25.7 Å². The van der Waals surface area contributed by atoms with E-state index in [4.69, 9.17) is 26.8 Å². The van der Waals surface area contributed by atoms with Gasteiger partial charge in [-0.1, -0.05) is 17.7 Å². The van der Waals surface area contributed by atoms with Crippen LogP contribution in [0, 0.1) is 0 Å². The van der Waals surface area contributed by atoms with E-state index in [1.54, 1.807) is 0 Å². The van der Waals surface area contributed by atoms with Crippen LogP contribution in [0.15, 0.2) is 18.2 Å². The van der Waals surface area contributed by atoms with Crippen LogP contribution in [0.25, 0.3) is 0 Å². The van der Waals surface area contributed by atoms with Crippen LogP contribution in [-0.2, 0) is 4.74 Å². The van der Waals surface area contributed by atoms with Crippen molar-refractivity contribution in [3.05, 3.63) is 28.8 Å². The lowest BCUT2D eigenvalue weighted by Gasteiger charge is -2.11. The lowest BCUT2D eigenvalue weighted by atomic mass is 10.1. The van der Waals surface area contributed by atoms with Crippen LogP contribution in [-0.4, -0.2) is 19.8 Å². The molecule has 0 radical (unpaired) electrons. The average molecular weight is 258 g/mol. The minimum atomic E-state index is -0.0143. The van der Waals surface area contributed by atoms with Crippen molar-refractivity contribution >= 4 is 11.6 Å². The number of nitrogens with two attached hydrogens (primary N) is 1. The summed E-state index contributed by atoms with van der Waals surface area (Å²) in [6.45, 7) is 5.96. The second-order valence-corrected chi connectivity index (χ2v) is 4.28. The largest absolute Gasteiger partial charge is 0.492 e. The summed E-state index contributed by atoms with van der Waals surface area (Å²) in [7, 11) is 0. The van der Waals surface area contributed by atoms with Crippen molar-refractivity contribution in [1.29, 1.82) is 0 Å². The third-order valence-electron chi connectivity index (χ3n) is 2.38. The molecule has 0 aliphatic carbocycles. The molecule has 0 heterocycles. The van der Waals surface area contributed by atoms with Gasteiger partial charge in [-0.3, -0.25) is 0 Å². The molecular formula is C13H20ClNO2. The smallest absolute Gasteiger partial charge is 0.137 e. The van der Waals surface area contributed by atoms with E-state index in [1.807, 2.05) is 32.0 Å². The molecule has 0 saturated heterocycles. The predicted octanol–water partition coefficient (Wildman–Crippen LogP) is 3.17. The van der Waals surface area contributed by atoms with E-state index >= 15 is 0 Å². The van der Waals surface area contributed by atoms with Crippen molar-refractivity contribution in [1.82, 2.24) is 0 Å². The fourth-order valence-corrected chi connectivity index (χ4v) is 1.65. The summed E-state index contributed by atoms with van der Waals surface area (Å²) in [5.74, 6) is 0.701. The van der Waals surface area contributed by atoms with Crippen LogP contribution in [0.3, 0.4) is 0 Å². The standard InChI is InChI=1S/C13H20ClNO2/c1-3-16-7-4-8-17-13-6-5-11(10(2)15)9-12(13)14/h5-6,9-10H,3-4,7-8,15H2,1-2H3/t10-/m1/s1. The van der Waals surface area contributed by atoms with E-state index in [1.165, 1.54) is 0 Å². The van der Waals surface area contributed by atoms with Gasteiger partial charge in [-0.2, -0.15) is 0 Å². The van der Waals surface area contributed by atoms with E-state index < -0.39 is 0 Å². The van der Waals surface area contributed by atoms with Crippen LogP contribution < -0.4 is 10.5 Å². The van der Waals surface area contributed by atoms with E-state index in [0.29, 0.717) is 24.0 Å². The van der Waals surface area contributed by atoms with Crippen LogP contribution in [0.5, 0.6) is 5.75 Å². The summed E-state index contributed by atoms with van der Waals surface area (Å²) in [6.07, 6.45) is 0.860. The van der Waals surface area contributed by atoms with Crippen molar-refractivity contribution in [2.45, 2.75) is 26.3 Å². The fraction of sp³-hybridized carbons (Fsp3) is 0.538. The zero-order chi connectivity index (χ0) is 12.7. The van der Waals surface area contributed by atoms with Crippen LogP contribution in [0.2, 0.25) is 5.02 Å². The van der Waals surface area contributed by atoms with Gasteiger partial charge in [-0.15, -0.1) is 0 Å². The monoisotopic (exact) mass is 257 g/mol. The first-order valence-electron chi connectivity index (χ1n) is 5.90. The number of rotatable bonds is 7. The molecule has 96 valence electrons. The summed E-state index contributed by atoms with van der Waals surface area (Å²) in [5, 5.41) is 0.608. The maximum Gasteiger partial charge on any atom is 0.137 e. The Morgan fingerprint density at radius 1 is 1.35 bits per heavy atom. The van der Waals surface area contributed by atoms with Gasteiger partial charge < -0.3 is 15.2 Å². The third-order valence-corrected chi connectivity index (χ3v) is 2.67. The third kappa shape index (κ3) is 4.94. The molecule has 0 unspecified atom stereocenters. The topological polar surface area (TPSA) is 44.5 Å². The highest BCUT2D eigenvalue weighted by Gasteiger charge is 2.05. The van der Waals surface area contributed by atoms with E-state index in [9.17, 15) is 0 Å². The molecule has 2 N–H and O–H groups in total. The Morgan fingerprint density at radius 2 is 2.12 bits per heavy atom. The number of hydrogen-bond acceptors (Lipinski definition) is 3. The average Bonchev–Trinajstić information content (AvgIpc) is 2.30. The maximum absolute atomic E-state index is 6.10. The van der Waals surface area contributed by atoms with Crippen LogP contribution in [0.1, 0.15) is 31.9 Å². The number of benzene rings is 1. The second kappa shape index (κ2) is 7.54. The maximum atomic E-state index is 6.10. The molecule has 0 aliphatic rings. The van der Waals surface area contributed by atoms with Gasteiger partial charge in [0.15, 0.2) is 0 Å². The molecule has 0 fully saturated rings. The summed E-state index contributed by atoms with van der Waals surface area (Å²) >= 11 is 6.10. The fourth-order valence-electron chi connectivity index (χ4n) is 1.40. The van der Waals surface area contributed by atoms with Gasteiger partial charge in [-0.25, -0.2) is 0 Å². The molecule has 1 atom stereocenters. The van der Waals surface area contributed by atoms with Gasteiger partial charge in [0.1, 0.15) is 5.75 Å². The summed E-state index contributed by atoms with van der Waals surface area (Å²) < 4.78 is 10.8. The highest BCUT2D eigenvalue weighted by Crippen LogP contribution is 2.27. The normalized spacial score (nSPS) is 12.5. The van der Waals surface area contributed by atoms with Gasteiger partial charge in [-0.05, 0) is 31.5 Å². The van der Waals surface area contributed by atoms with Gasteiger partial charge in [0.05, 0.1) is 11.6 Å². The molecule has 0 aliphatic heterocycles. The van der Waals surface area contributed by atoms with E-state index in [2.05, 4.69) is 0 Å². The first-order valence-corrected chi connectivity index (χ1v) is 6.28. The molecule has 0 aromatic heterocycles. The zero-order valence-corrected chi connectivity index (χ0v) is 11.2. The van der Waals surface area contributed by atoms with E-state index in [-0.39, 0.29) is 6.04 Å². The lowest BCUT2D eigenvalue weighted by Crippen LogP contribution is -2.06. The minimum Gasteiger partial charge on any atom is -0.492 e. The lowest BCUT2D eigenvalue weighted by molar-refractivity contribution is 0.131.